The van der Waals surface area contributed by atoms with Crippen LogP contribution in [0.2, 0.25) is 0 Å². The second-order valence-electron chi connectivity index (χ2n) is 5.23. The molecule has 0 radical (unpaired) electrons. The third-order valence-corrected chi connectivity index (χ3v) is 4.87. The first-order valence-electron chi connectivity index (χ1n) is 8.01. The lowest BCUT2D eigenvalue weighted by molar-refractivity contribution is 1.20. The molecule has 0 aromatic carbocycles. The first-order chi connectivity index (χ1) is 12.8. The average Bonchev–Trinajstić information content (AvgIpc) is 3.33. The largest absolute Gasteiger partial charge is 0.306 e. The van der Waals surface area contributed by atoms with Crippen LogP contribution in [0.25, 0.3) is 16.8 Å². The molecule has 0 aliphatic carbocycles. The highest BCUT2D eigenvalue weighted by molar-refractivity contribution is 7.15. The highest BCUT2D eigenvalue weighted by atomic mass is 32.1. The van der Waals surface area contributed by atoms with Crippen LogP contribution in [-0.2, 0) is 0 Å². The lowest BCUT2D eigenvalue weighted by Gasteiger charge is -1.98. The molecule has 0 bridgehead atoms. The molecule has 0 spiro atoms. The molecule has 0 aliphatic heterocycles. The summed E-state index contributed by atoms with van der Waals surface area (Å²) in [4.78, 5) is 13.3. The van der Waals surface area contributed by atoms with Crippen molar-refractivity contribution in [2.45, 2.75) is 19.8 Å². The van der Waals surface area contributed by atoms with Crippen LogP contribution in [-0.4, -0.2) is 19.3 Å². The molecule has 0 amide bonds. The van der Waals surface area contributed by atoms with Gasteiger partial charge in [-0.15, -0.1) is 23.7 Å². The smallest absolute Gasteiger partial charge is 0.209 e. The molecule has 3 aromatic rings. The van der Waals surface area contributed by atoms with Crippen LogP contribution in [0.15, 0.2) is 48.1 Å². The van der Waals surface area contributed by atoms with E-state index in [2.05, 4.69) is 30.6 Å². The summed E-state index contributed by atoms with van der Waals surface area (Å²) in [6.45, 7) is 1.99. The summed E-state index contributed by atoms with van der Waals surface area (Å²) in [5.74, 6) is 3.32. The zero-order valence-electron chi connectivity index (χ0n) is 14.2. The van der Waals surface area contributed by atoms with Crippen molar-refractivity contribution in [3.05, 3.63) is 54.0 Å². The molecular weight excluding hydrogens is 362 g/mol. The van der Waals surface area contributed by atoms with Crippen molar-refractivity contribution in [1.29, 1.82) is 0 Å². The Morgan fingerprint density at radius 2 is 2.23 bits per heavy atom. The van der Waals surface area contributed by atoms with Gasteiger partial charge in [0, 0.05) is 41.3 Å². The maximum absolute atomic E-state index is 5.25. The van der Waals surface area contributed by atoms with Crippen LogP contribution in [0, 0.1) is 12.3 Å². The topological polar surface area (TPSA) is 63.6 Å². The number of thiazole rings is 1. The number of anilines is 2. The molecular formula is C19H17N5S2. The Morgan fingerprint density at radius 1 is 1.31 bits per heavy atom. The van der Waals surface area contributed by atoms with Gasteiger partial charge in [-0.2, -0.15) is 9.36 Å². The Bertz CT molecular complexity index is 948. The summed E-state index contributed by atoms with van der Waals surface area (Å²) < 4.78 is 4.44. The van der Waals surface area contributed by atoms with Gasteiger partial charge in [0.05, 0.1) is 5.69 Å². The number of terminal acetylenes is 1. The number of rotatable bonds is 7. The van der Waals surface area contributed by atoms with Gasteiger partial charge in [-0.1, -0.05) is 18.2 Å². The van der Waals surface area contributed by atoms with Gasteiger partial charge in [-0.3, -0.25) is 4.98 Å². The van der Waals surface area contributed by atoms with E-state index in [0.717, 1.165) is 39.3 Å². The molecule has 0 fully saturated rings. The van der Waals surface area contributed by atoms with Gasteiger partial charge in [0.1, 0.15) is 0 Å². The summed E-state index contributed by atoms with van der Waals surface area (Å²) in [6.07, 6.45) is 16.2. The van der Waals surface area contributed by atoms with Gasteiger partial charge in [0.2, 0.25) is 5.13 Å². The van der Waals surface area contributed by atoms with Crippen LogP contribution in [0.4, 0.5) is 10.3 Å². The van der Waals surface area contributed by atoms with E-state index in [0.29, 0.717) is 6.42 Å². The maximum Gasteiger partial charge on any atom is 0.209 e. The van der Waals surface area contributed by atoms with Crippen molar-refractivity contribution < 1.29 is 0 Å². The van der Waals surface area contributed by atoms with Gasteiger partial charge in [-0.25, -0.2) is 4.98 Å². The van der Waals surface area contributed by atoms with Gasteiger partial charge in [-0.05, 0) is 31.1 Å². The number of nitrogens with zero attached hydrogens (tertiary/aromatic N) is 4. The molecule has 0 atom stereocenters. The fourth-order valence-electron chi connectivity index (χ4n) is 2.17. The summed E-state index contributed by atoms with van der Waals surface area (Å²) in [5, 5.41) is 6.73. The maximum atomic E-state index is 5.25. The Kier molecular flexibility index (Phi) is 6.25. The highest BCUT2D eigenvalue weighted by Crippen LogP contribution is 2.28. The molecule has 0 aliphatic rings. The summed E-state index contributed by atoms with van der Waals surface area (Å²) in [7, 11) is 0. The van der Waals surface area contributed by atoms with Crippen LogP contribution in [0.3, 0.4) is 0 Å². The first-order valence-corrected chi connectivity index (χ1v) is 9.66. The Hall–Kier alpha value is -2.82. The minimum atomic E-state index is 0.637. The van der Waals surface area contributed by atoms with Crippen LogP contribution in [0.5, 0.6) is 0 Å². The molecule has 1 N–H and O–H groups in total. The lowest BCUT2D eigenvalue weighted by atomic mass is 10.1. The number of allylic oxidation sites excluding steroid dienone is 4. The third kappa shape index (κ3) is 4.63. The standard InChI is InChI=1S/C19H17N5S2/c1-3-5-6-7-9-14(4-2)17-22-19(26-24-17)23-18-21-16(13-25-18)15-10-8-11-20-12-15/h1,4,6-8,10-13H,5,9H2,2H3,(H,21,22,23,24)/b7-6-,14-4+. The number of aromatic nitrogens is 4. The van der Waals surface area contributed by atoms with Crippen molar-refractivity contribution >= 4 is 38.7 Å². The van der Waals surface area contributed by atoms with E-state index in [1.54, 1.807) is 12.4 Å². The zero-order chi connectivity index (χ0) is 18.2. The second kappa shape index (κ2) is 9.04. The van der Waals surface area contributed by atoms with E-state index >= 15 is 0 Å². The second-order valence-corrected chi connectivity index (χ2v) is 6.84. The Balaban J connectivity index is 1.67. The van der Waals surface area contributed by atoms with Crippen LogP contribution in [0.1, 0.15) is 25.6 Å². The van der Waals surface area contributed by atoms with E-state index in [-0.39, 0.29) is 0 Å². The van der Waals surface area contributed by atoms with E-state index in [1.807, 2.05) is 42.7 Å². The van der Waals surface area contributed by atoms with Gasteiger partial charge < -0.3 is 5.32 Å². The fourth-order valence-corrected chi connectivity index (χ4v) is 3.56. The van der Waals surface area contributed by atoms with Gasteiger partial charge in [0.25, 0.3) is 0 Å². The molecule has 3 heterocycles. The molecule has 0 saturated heterocycles. The number of pyridine rings is 1. The highest BCUT2D eigenvalue weighted by Gasteiger charge is 2.10. The molecule has 26 heavy (non-hydrogen) atoms. The number of nitrogens with one attached hydrogen (secondary N) is 1. The monoisotopic (exact) mass is 379 g/mol. The SMILES string of the molecule is C#CC/C=C\C/C(=C\C)c1nsc(Nc2nc(-c3cccnc3)cs2)n1. The summed E-state index contributed by atoms with van der Waals surface area (Å²) in [5.41, 5.74) is 2.95. The normalized spacial score (nSPS) is 11.6. The minimum Gasteiger partial charge on any atom is -0.306 e. The summed E-state index contributed by atoms with van der Waals surface area (Å²) >= 11 is 2.85. The molecule has 7 heteroatoms. The van der Waals surface area contributed by atoms with Crippen LogP contribution < -0.4 is 5.32 Å². The molecule has 0 unspecified atom stereocenters. The van der Waals surface area contributed by atoms with Crippen molar-refractivity contribution in [3.8, 4) is 23.6 Å². The van der Waals surface area contributed by atoms with Crippen molar-refractivity contribution in [2.24, 2.45) is 0 Å². The predicted molar refractivity (Wildman–Crippen MR) is 109 cm³/mol. The number of hydrogen-bond acceptors (Lipinski definition) is 7. The molecule has 3 rings (SSSR count). The quantitative estimate of drug-likeness (QED) is 0.453. The van der Waals surface area contributed by atoms with Crippen molar-refractivity contribution in [2.75, 3.05) is 5.32 Å². The molecule has 5 nitrogen and oxygen atoms in total. The Morgan fingerprint density at radius 3 is 3.00 bits per heavy atom. The van der Waals surface area contributed by atoms with E-state index in [1.165, 1.54) is 22.9 Å². The average molecular weight is 380 g/mol. The van der Waals surface area contributed by atoms with E-state index in [9.17, 15) is 0 Å². The van der Waals surface area contributed by atoms with Crippen molar-refractivity contribution in [1.82, 2.24) is 19.3 Å². The minimum absolute atomic E-state index is 0.637. The Labute approximate surface area is 160 Å². The predicted octanol–water partition coefficient (Wildman–Crippen LogP) is 5.17. The van der Waals surface area contributed by atoms with E-state index in [4.69, 9.17) is 6.42 Å². The third-order valence-electron chi connectivity index (χ3n) is 3.48. The lowest BCUT2D eigenvalue weighted by Crippen LogP contribution is -1.91. The summed E-state index contributed by atoms with van der Waals surface area (Å²) in [6, 6.07) is 3.89. The van der Waals surface area contributed by atoms with Crippen molar-refractivity contribution in [3.63, 3.8) is 0 Å². The molecule has 130 valence electrons. The zero-order valence-corrected chi connectivity index (χ0v) is 15.8. The first kappa shape index (κ1) is 18.0. The number of hydrogen-bond donors (Lipinski definition) is 1. The van der Waals surface area contributed by atoms with Gasteiger partial charge in [0.15, 0.2) is 11.0 Å². The fraction of sp³-hybridized carbons (Fsp3) is 0.158. The van der Waals surface area contributed by atoms with Crippen LogP contribution >= 0.6 is 22.9 Å². The molecule has 3 aromatic heterocycles. The van der Waals surface area contributed by atoms with Gasteiger partial charge >= 0.3 is 0 Å². The van der Waals surface area contributed by atoms with E-state index < -0.39 is 0 Å². The molecule has 0 saturated carbocycles.